The van der Waals surface area contributed by atoms with E-state index in [1.807, 2.05) is 68.4 Å². The van der Waals surface area contributed by atoms with E-state index in [0.29, 0.717) is 18.0 Å². The molecular formula is C30H36BrN3O5S. The second-order valence-corrected chi connectivity index (χ2v) is 12.8. The summed E-state index contributed by atoms with van der Waals surface area (Å²) in [5.41, 5.74) is 1.97. The Hall–Kier alpha value is -3.37. The quantitative estimate of drug-likeness (QED) is 0.297. The normalized spacial score (nSPS) is 12.1. The Labute approximate surface area is 245 Å². The lowest BCUT2D eigenvalue weighted by Crippen LogP contribution is -2.53. The summed E-state index contributed by atoms with van der Waals surface area (Å²) in [5, 5.41) is 2.97. The van der Waals surface area contributed by atoms with Gasteiger partial charge in [0.25, 0.3) is 0 Å². The highest BCUT2D eigenvalue weighted by molar-refractivity contribution is 9.10. The Morgan fingerprint density at radius 3 is 2.25 bits per heavy atom. The average molecular weight is 631 g/mol. The molecule has 0 heterocycles. The van der Waals surface area contributed by atoms with Crippen molar-refractivity contribution in [3.8, 4) is 5.75 Å². The van der Waals surface area contributed by atoms with Crippen LogP contribution in [0.1, 0.15) is 25.0 Å². The summed E-state index contributed by atoms with van der Waals surface area (Å²) in [6, 6.07) is 22.6. The van der Waals surface area contributed by atoms with Crippen LogP contribution in [0.4, 0.5) is 5.69 Å². The minimum Gasteiger partial charge on any atom is -0.497 e. The van der Waals surface area contributed by atoms with E-state index in [-0.39, 0.29) is 24.8 Å². The van der Waals surface area contributed by atoms with Crippen molar-refractivity contribution in [3.63, 3.8) is 0 Å². The smallest absolute Gasteiger partial charge is 0.244 e. The number of methoxy groups -OCH3 is 1. The van der Waals surface area contributed by atoms with Crippen molar-refractivity contribution in [2.45, 2.75) is 32.9 Å². The number of sulfonamides is 1. The van der Waals surface area contributed by atoms with Gasteiger partial charge in [0, 0.05) is 30.0 Å². The molecule has 0 aromatic heterocycles. The first kappa shape index (κ1) is 31.2. The third-order valence-electron chi connectivity index (χ3n) is 6.22. The lowest BCUT2D eigenvalue weighted by molar-refractivity contribution is -0.140. The Morgan fingerprint density at radius 1 is 0.950 bits per heavy atom. The van der Waals surface area contributed by atoms with Crippen LogP contribution in [0.5, 0.6) is 5.75 Å². The SMILES string of the molecule is COc1cccc(N(CC(=O)N(Cc2cccc(Br)c2)C(Cc2ccccc2)C(=O)NCC(C)C)S(C)(=O)=O)c1. The number of nitrogens with one attached hydrogen (secondary N) is 1. The number of ether oxygens (including phenoxy) is 1. The molecule has 3 aromatic carbocycles. The van der Waals surface area contributed by atoms with Crippen LogP contribution in [0.2, 0.25) is 0 Å². The number of amides is 2. The van der Waals surface area contributed by atoms with E-state index < -0.39 is 28.5 Å². The van der Waals surface area contributed by atoms with Crippen molar-refractivity contribution in [2.75, 3.05) is 30.8 Å². The molecular weight excluding hydrogens is 594 g/mol. The molecule has 0 bridgehead atoms. The number of anilines is 1. The fourth-order valence-electron chi connectivity index (χ4n) is 4.19. The number of carbonyl (C=O) groups is 2. The molecule has 1 atom stereocenters. The number of hydrogen-bond donors (Lipinski definition) is 1. The average Bonchev–Trinajstić information content (AvgIpc) is 2.92. The summed E-state index contributed by atoms with van der Waals surface area (Å²) in [4.78, 5) is 29.2. The van der Waals surface area contributed by atoms with Crippen LogP contribution in [0.15, 0.2) is 83.3 Å². The van der Waals surface area contributed by atoms with E-state index in [9.17, 15) is 18.0 Å². The van der Waals surface area contributed by atoms with Crippen molar-refractivity contribution in [1.82, 2.24) is 10.2 Å². The number of rotatable bonds is 13. The highest BCUT2D eigenvalue weighted by Gasteiger charge is 2.33. The molecule has 0 aliphatic heterocycles. The summed E-state index contributed by atoms with van der Waals surface area (Å²) in [6.07, 6.45) is 1.32. The molecule has 0 radical (unpaired) electrons. The van der Waals surface area contributed by atoms with Crippen LogP contribution in [0, 0.1) is 5.92 Å². The molecule has 0 saturated heterocycles. The van der Waals surface area contributed by atoms with Crippen molar-refractivity contribution in [2.24, 2.45) is 5.92 Å². The van der Waals surface area contributed by atoms with Gasteiger partial charge in [-0.15, -0.1) is 0 Å². The first-order valence-electron chi connectivity index (χ1n) is 12.9. The molecule has 0 aliphatic rings. The van der Waals surface area contributed by atoms with Crippen molar-refractivity contribution < 1.29 is 22.7 Å². The van der Waals surface area contributed by atoms with Crippen molar-refractivity contribution in [3.05, 3.63) is 94.5 Å². The molecule has 1 unspecified atom stereocenters. The zero-order valence-electron chi connectivity index (χ0n) is 23.2. The van der Waals surface area contributed by atoms with Crippen LogP contribution in [0.25, 0.3) is 0 Å². The van der Waals surface area contributed by atoms with E-state index in [1.165, 1.54) is 12.0 Å². The van der Waals surface area contributed by atoms with Gasteiger partial charge in [0.1, 0.15) is 18.3 Å². The zero-order chi connectivity index (χ0) is 29.3. The van der Waals surface area contributed by atoms with Gasteiger partial charge < -0.3 is 15.0 Å². The van der Waals surface area contributed by atoms with Gasteiger partial charge in [0.15, 0.2) is 0 Å². The van der Waals surface area contributed by atoms with E-state index >= 15 is 0 Å². The number of benzene rings is 3. The highest BCUT2D eigenvalue weighted by atomic mass is 79.9. The van der Waals surface area contributed by atoms with Gasteiger partial charge in [-0.1, -0.05) is 78.3 Å². The Morgan fingerprint density at radius 2 is 1.62 bits per heavy atom. The standard InChI is InChI=1S/C30H36BrN3O5S/c1-22(2)19-32-30(36)28(17-23-10-6-5-7-11-23)33(20-24-12-8-13-25(31)16-24)29(35)21-34(40(4,37)38)26-14-9-15-27(18-26)39-3/h5-16,18,22,28H,17,19-21H2,1-4H3,(H,32,36). The molecule has 0 saturated carbocycles. The van der Waals surface area contributed by atoms with Crippen LogP contribution >= 0.6 is 15.9 Å². The van der Waals surface area contributed by atoms with Crippen LogP contribution < -0.4 is 14.4 Å². The molecule has 3 rings (SSSR count). The number of halogens is 1. The minimum atomic E-state index is -3.86. The largest absolute Gasteiger partial charge is 0.497 e. The zero-order valence-corrected chi connectivity index (χ0v) is 25.6. The van der Waals surface area contributed by atoms with E-state index in [1.54, 1.807) is 24.3 Å². The summed E-state index contributed by atoms with van der Waals surface area (Å²) in [6.45, 7) is 4.07. The molecule has 8 nitrogen and oxygen atoms in total. The fraction of sp³-hybridized carbons (Fsp3) is 0.333. The summed E-state index contributed by atoms with van der Waals surface area (Å²) >= 11 is 3.48. The van der Waals surface area contributed by atoms with Crippen LogP contribution in [-0.2, 0) is 32.6 Å². The van der Waals surface area contributed by atoms with Gasteiger partial charge in [-0.3, -0.25) is 13.9 Å². The molecule has 3 aromatic rings. The van der Waals surface area contributed by atoms with Gasteiger partial charge in [0.2, 0.25) is 21.8 Å². The Kier molecular flexibility index (Phi) is 11.2. The lowest BCUT2D eigenvalue weighted by atomic mass is 10.0. The maximum Gasteiger partial charge on any atom is 0.244 e. The van der Waals surface area contributed by atoms with Gasteiger partial charge in [0.05, 0.1) is 19.1 Å². The fourth-order valence-corrected chi connectivity index (χ4v) is 5.48. The number of carbonyl (C=O) groups excluding carboxylic acids is 2. The van der Waals surface area contributed by atoms with Crippen LogP contribution in [0.3, 0.4) is 0 Å². The summed E-state index contributed by atoms with van der Waals surface area (Å²) < 4.78 is 32.9. The second-order valence-electron chi connectivity index (χ2n) is 9.97. The predicted molar refractivity (Wildman–Crippen MR) is 162 cm³/mol. The van der Waals surface area contributed by atoms with E-state index in [2.05, 4.69) is 21.2 Å². The molecule has 1 N–H and O–H groups in total. The molecule has 0 fully saturated rings. The van der Waals surface area contributed by atoms with Crippen LogP contribution in [-0.4, -0.2) is 57.6 Å². The highest BCUT2D eigenvalue weighted by Crippen LogP contribution is 2.24. The third-order valence-corrected chi connectivity index (χ3v) is 7.85. The van der Waals surface area contributed by atoms with E-state index in [4.69, 9.17) is 4.74 Å². The second kappa shape index (κ2) is 14.3. The van der Waals surface area contributed by atoms with E-state index in [0.717, 1.165) is 26.2 Å². The van der Waals surface area contributed by atoms with Crippen molar-refractivity contribution in [1.29, 1.82) is 0 Å². The summed E-state index contributed by atoms with van der Waals surface area (Å²) in [7, 11) is -2.37. The first-order chi connectivity index (χ1) is 19.0. The molecule has 40 heavy (non-hydrogen) atoms. The molecule has 2 amide bonds. The van der Waals surface area contributed by atoms with Gasteiger partial charge >= 0.3 is 0 Å². The first-order valence-corrected chi connectivity index (χ1v) is 15.6. The number of nitrogens with zero attached hydrogens (tertiary/aromatic N) is 2. The maximum atomic E-state index is 14.1. The predicted octanol–water partition coefficient (Wildman–Crippen LogP) is 4.64. The molecule has 10 heteroatoms. The number of hydrogen-bond acceptors (Lipinski definition) is 5. The minimum absolute atomic E-state index is 0.112. The maximum absolute atomic E-state index is 14.1. The van der Waals surface area contributed by atoms with Gasteiger partial charge in [-0.25, -0.2) is 8.42 Å². The Bertz CT molecular complexity index is 1400. The van der Waals surface area contributed by atoms with Gasteiger partial charge in [-0.05, 0) is 41.3 Å². The lowest BCUT2D eigenvalue weighted by Gasteiger charge is -2.33. The topological polar surface area (TPSA) is 96.0 Å². The monoisotopic (exact) mass is 629 g/mol. The van der Waals surface area contributed by atoms with Crippen molar-refractivity contribution >= 4 is 43.5 Å². The van der Waals surface area contributed by atoms with Gasteiger partial charge in [-0.2, -0.15) is 0 Å². The molecule has 0 aliphatic carbocycles. The third kappa shape index (κ3) is 9.09. The Balaban J connectivity index is 2.05. The molecule has 214 valence electrons. The molecule has 0 spiro atoms. The summed E-state index contributed by atoms with van der Waals surface area (Å²) in [5.74, 6) is -0.133.